The molecule has 0 saturated carbocycles. The van der Waals surface area contributed by atoms with Crippen molar-refractivity contribution in [1.29, 1.82) is 0 Å². The predicted molar refractivity (Wildman–Crippen MR) is 178 cm³/mol. The molecule has 0 spiro atoms. The molecule has 5 aromatic carbocycles. The molecule has 3 aromatic heterocycles. The Hall–Kier alpha value is -5.61. The summed E-state index contributed by atoms with van der Waals surface area (Å²) in [5.74, 6) is 0. The van der Waals surface area contributed by atoms with Crippen LogP contribution in [0.4, 0.5) is 5.69 Å². The Morgan fingerprint density at radius 3 is 2.26 bits per heavy atom. The largest absolute Gasteiger partial charge is 0.292 e. The van der Waals surface area contributed by atoms with Crippen molar-refractivity contribution in [2.45, 2.75) is 6.92 Å². The van der Waals surface area contributed by atoms with Gasteiger partial charge in [-0.2, -0.15) is 0 Å². The van der Waals surface area contributed by atoms with E-state index < -0.39 is 0 Å². The fourth-order valence-corrected chi connectivity index (χ4v) is 6.19. The van der Waals surface area contributed by atoms with Crippen LogP contribution in [0.1, 0.15) is 12.5 Å². The third-order valence-corrected chi connectivity index (χ3v) is 8.12. The van der Waals surface area contributed by atoms with Gasteiger partial charge in [0.1, 0.15) is 5.65 Å². The quantitative estimate of drug-likeness (QED) is 0.165. The molecule has 0 atom stereocenters. The molecule has 42 heavy (non-hydrogen) atoms. The summed E-state index contributed by atoms with van der Waals surface area (Å²) < 4.78 is 2.25. The van der Waals surface area contributed by atoms with Crippen LogP contribution in [0, 0.1) is 0 Å². The van der Waals surface area contributed by atoms with Gasteiger partial charge in [0, 0.05) is 22.1 Å². The molecule has 8 aromatic rings. The molecule has 0 N–H and O–H groups in total. The van der Waals surface area contributed by atoms with Crippen LogP contribution in [-0.2, 0) is 0 Å². The number of pyridine rings is 2. The molecule has 0 saturated heterocycles. The van der Waals surface area contributed by atoms with E-state index in [9.17, 15) is 0 Å². The Balaban J connectivity index is 1.40. The minimum Gasteiger partial charge on any atom is -0.292 e. The fraction of sp³-hybridized carbons (Fsp3) is 0.0263. The van der Waals surface area contributed by atoms with E-state index in [2.05, 4.69) is 131 Å². The van der Waals surface area contributed by atoms with E-state index in [4.69, 9.17) is 9.97 Å². The number of aromatic nitrogens is 3. The second kappa shape index (κ2) is 9.50. The van der Waals surface area contributed by atoms with Crippen LogP contribution in [0.2, 0.25) is 0 Å². The van der Waals surface area contributed by atoms with Crippen LogP contribution in [0.25, 0.3) is 77.7 Å². The van der Waals surface area contributed by atoms with Crippen molar-refractivity contribution in [3.05, 3.63) is 127 Å². The smallest absolute Gasteiger partial charge is 0.148 e. The highest BCUT2D eigenvalue weighted by Crippen LogP contribution is 2.40. The van der Waals surface area contributed by atoms with E-state index in [0.29, 0.717) is 0 Å². The number of fused-ring (bicyclic) bond motifs is 9. The first-order valence-corrected chi connectivity index (χ1v) is 14.1. The van der Waals surface area contributed by atoms with Gasteiger partial charge >= 0.3 is 0 Å². The summed E-state index contributed by atoms with van der Waals surface area (Å²) in [5, 5.41) is 5.64. The second-order valence-electron chi connectivity index (χ2n) is 10.5. The van der Waals surface area contributed by atoms with Gasteiger partial charge in [-0.25, -0.2) is 9.97 Å². The van der Waals surface area contributed by atoms with E-state index >= 15 is 0 Å². The molecule has 0 unspecified atom stereocenters. The first-order chi connectivity index (χ1) is 20.7. The topological polar surface area (TPSA) is 42.5 Å². The number of hydrogen-bond donors (Lipinski definition) is 0. The van der Waals surface area contributed by atoms with Crippen LogP contribution in [-0.4, -0.2) is 21.1 Å². The van der Waals surface area contributed by atoms with Gasteiger partial charge in [0.05, 0.1) is 39.0 Å². The molecule has 4 nitrogen and oxygen atoms in total. The van der Waals surface area contributed by atoms with Gasteiger partial charge in [0.2, 0.25) is 0 Å². The standard InChI is InChI=1S/C38H26N4/c1-3-9-25-18-20-29-30-23-28(32-14-8-13-31(40-32)27-17-16-24-10-4-5-11-26(24)22-27)19-21-34(30)42-35-15-7-6-12-33(35)41-38(42)36(29)37(25)39-2/h3-23H,2H2,1H3/b9-3-. The Morgan fingerprint density at radius 1 is 0.667 bits per heavy atom. The zero-order valence-electron chi connectivity index (χ0n) is 23.1. The number of allylic oxidation sites excluding steroid dienone is 1. The third-order valence-electron chi connectivity index (χ3n) is 8.12. The monoisotopic (exact) mass is 538 g/mol. The number of hydrogen-bond acceptors (Lipinski definition) is 3. The van der Waals surface area contributed by atoms with E-state index in [0.717, 1.165) is 72.1 Å². The number of aliphatic imine (C=N–C) groups is 1. The number of benzene rings is 5. The molecular formula is C38H26N4. The molecular weight excluding hydrogens is 512 g/mol. The zero-order valence-corrected chi connectivity index (χ0v) is 23.1. The number of para-hydroxylation sites is 2. The minimum atomic E-state index is 0.842. The van der Waals surface area contributed by atoms with Crippen LogP contribution in [0.15, 0.2) is 126 Å². The maximum atomic E-state index is 5.12. The van der Waals surface area contributed by atoms with Crippen molar-refractivity contribution < 1.29 is 0 Å². The van der Waals surface area contributed by atoms with Crippen LogP contribution in [0.5, 0.6) is 0 Å². The maximum absolute atomic E-state index is 5.12. The Kier molecular flexibility index (Phi) is 5.47. The molecule has 4 heteroatoms. The number of imidazole rings is 1. The molecule has 0 fully saturated rings. The molecule has 8 rings (SSSR count). The molecule has 0 aliphatic heterocycles. The van der Waals surface area contributed by atoms with Gasteiger partial charge in [-0.15, -0.1) is 0 Å². The van der Waals surface area contributed by atoms with Crippen molar-refractivity contribution in [2.24, 2.45) is 4.99 Å². The maximum Gasteiger partial charge on any atom is 0.148 e. The van der Waals surface area contributed by atoms with Crippen molar-refractivity contribution in [3.8, 4) is 22.5 Å². The molecule has 198 valence electrons. The summed E-state index contributed by atoms with van der Waals surface area (Å²) >= 11 is 0. The van der Waals surface area contributed by atoms with Crippen LogP contribution < -0.4 is 0 Å². The summed E-state index contributed by atoms with van der Waals surface area (Å²) in [6.07, 6.45) is 4.11. The molecule has 0 aliphatic carbocycles. The molecule has 0 amide bonds. The van der Waals surface area contributed by atoms with Crippen molar-refractivity contribution in [1.82, 2.24) is 14.4 Å². The summed E-state index contributed by atoms with van der Waals surface area (Å²) in [7, 11) is 0. The number of nitrogens with zero attached hydrogens (tertiary/aromatic N) is 4. The Bertz CT molecular complexity index is 2390. The van der Waals surface area contributed by atoms with Crippen molar-refractivity contribution in [3.63, 3.8) is 0 Å². The highest BCUT2D eigenvalue weighted by molar-refractivity contribution is 6.19. The lowest BCUT2D eigenvalue weighted by Gasteiger charge is -2.14. The first kappa shape index (κ1) is 24.2. The van der Waals surface area contributed by atoms with Crippen molar-refractivity contribution in [2.75, 3.05) is 0 Å². The molecule has 0 radical (unpaired) electrons. The fourth-order valence-electron chi connectivity index (χ4n) is 6.19. The van der Waals surface area contributed by atoms with E-state index in [1.165, 1.54) is 10.8 Å². The van der Waals surface area contributed by atoms with Gasteiger partial charge < -0.3 is 0 Å². The predicted octanol–water partition coefficient (Wildman–Crippen LogP) is 10.0. The van der Waals surface area contributed by atoms with Crippen molar-refractivity contribution >= 4 is 67.6 Å². The van der Waals surface area contributed by atoms with Crippen LogP contribution in [0.3, 0.4) is 0 Å². The van der Waals surface area contributed by atoms with E-state index in [1.807, 2.05) is 19.1 Å². The highest BCUT2D eigenvalue weighted by Gasteiger charge is 2.18. The van der Waals surface area contributed by atoms with E-state index in [-0.39, 0.29) is 0 Å². The third kappa shape index (κ3) is 3.66. The molecule has 0 bridgehead atoms. The SMILES string of the molecule is C=Nc1c(/C=C\C)ccc2c3cc(-c4cccc(-c5ccc6ccccc6c5)n4)ccc3n3c4ccccc4nc3c12. The molecule has 3 heterocycles. The summed E-state index contributed by atoms with van der Waals surface area (Å²) in [4.78, 5) is 14.7. The van der Waals surface area contributed by atoms with E-state index in [1.54, 1.807) is 0 Å². The Labute approximate surface area is 242 Å². The van der Waals surface area contributed by atoms with Crippen LogP contribution >= 0.6 is 0 Å². The average Bonchev–Trinajstić information content (AvgIpc) is 3.44. The Morgan fingerprint density at radius 2 is 1.43 bits per heavy atom. The van der Waals surface area contributed by atoms with Gasteiger partial charge in [0.15, 0.2) is 0 Å². The van der Waals surface area contributed by atoms with Gasteiger partial charge in [-0.3, -0.25) is 9.39 Å². The second-order valence-corrected chi connectivity index (χ2v) is 10.5. The van der Waals surface area contributed by atoms with Gasteiger partial charge in [-0.05, 0) is 72.3 Å². The highest BCUT2D eigenvalue weighted by atomic mass is 15.0. The lowest BCUT2D eigenvalue weighted by Crippen LogP contribution is -1.94. The average molecular weight is 539 g/mol. The van der Waals surface area contributed by atoms with Gasteiger partial charge in [0.25, 0.3) is 0 Å². The lowest BCUT2D eigenvalue weighted by molar-refractivity contribution is 1.30. The summed E-state index contributed by atoms with van der Waals surface area (Å²) in [5.41, 5.74) is 9.90. The minimum absolute atomic E-state index is 0.842. The summed E-state index contributed by atoms with van der Waals surface area (Å²) in [6, 6.07) is 40.4. The van der Waals surface area contributed by atoms with Gasteiger partial charge in [-0.1, -0.05) is 84.9 Å². The number of rotatable bonds is 4. The molecule has 0 aliphatic rings. The first-order valence-electron chi connectivity index (χ1n) is 14.1. The lowest BCUT2D eigenvalue weighted by atomic mass is 9.98. The normalized spacial score (nSPS) is 11.9. The summed E-state index contributed by atoms with van der Waals surface area (Å²) in [6.45, 7) is 5.97. The zero-order chi connectivity index (χ0) is 28.2.